The largest absolute Gasteiger partial charge is 0.573 e. The van der Waals surface area contributed by atoms with Crippen LogP contribution in [0.15, 0.2) is 54.6 Å². The monoisotopic (exact) mass is 418 g/mol. The van der Waals surface area contributed by atoms with E-state index in [-0.39, 0.29) is 5.75 Å². The van der Waals surface area contributed by atoms with Crippen LogP contribution in [0.2, 0.25) is 0 Å². The standard InChI is InChI=1S/C21H21F3N4O2/c1-3-25-20-27-17(14-8-6-9-16(11-14)30-21(22,23)24)12-19(28-20)26-13-15-7-4-5-10-18(15)29-2/h4-12H,3,13H2,1-2H3,(H2,25,26,27,28). The molecule has 3 rings (SSSR count). The number of nitrogens with one attached hydrogen (secondary N) is 2. The molecule has 0 aliphatic rings. The number of hydrogen-bond donors (Lipinski definition) is 2. The van der Waals surface area contributed by atoms with Crippen LogP contribution in [0.3, 0.4) is 0 Å². The summed E-state index contributed by atoms with van der Waals surface area (Å²) in [6.45, 7) is 2.94. The van der Waals surface area contributed by atoms with Gasteiger partial charge in [0.1, 0.15) is 17.3 Å². The molecule has 0 unspecified atom stereocenters. The molecule has 158 valence electrons. The van der Waals surface area contributed by atoms with Crippen molar-refractivity contribution < 1.29 is 22.6 Å². The maximum atomic E-state index is 12.5. The van der Waals surface area contributed by atoms with E-state index < -0.39 is 6.36 Å². The Balaban J connectivity index is 1.88. The second-order valence-corrected chi connectivity index (χ2v) is 6.23. The molecule has 2 N–H and O–H groups in total. The predicted octanol–water partition coefficient (Wildman–Crippen LogP) is 5.09. The summed E-state index contributed by atoms with van der Waals surface area (Å²) in [4.78, 5) is 8.81. The highest BCUT2D eigenvalue weighted by Gasteiger charge is 2.31. The Kier molecular flexibility index (Phi) is 6.61. The van der Waals surface area contributed by atoms with Crippen LogP contribution in [0.1, 0.15) is 12.5 Å². The predicted molar refractivity (Wildman–Crippen MR) is 109 cm³/mol. The molecule has 0 saturated carbocycles. The van der Waals surface area contributed by atoms with Gasteiger partial charge >= 0.3 is 6.36 Å². The minimum absolute atomic E-state index is 0.313. The van der Waals surface area contributed by atoms with Gasteiger partial charge in [0.05, 0.1) is 12.8 Å². The molecule has 0 amide bonds. The van der Waals surface area contributed by atoms with Crippen molar-refractivity contribution in [2.45, 2.75) is 19.8 Å². The molecule has 0 aliphatic heterocycles. The van der Waals surface area contributed by atoms with Crippen molar-refractivity contribution in [2.24, 2.45) is 0 Å². The van der Waals surface area contributed by atoms with Crippen LogP contribution >= 0.6 is 0 Å². The van der Waals surface area contributed by atoms with E-state index in [0.29, 0.717) is 36.1 Å². The van der Waals surface area contributed by atoms with Gasteiger partial charge in [0.25, 0.3) is 0 Å². The van der Waals surface area contributed by atoms with E-state index in [9.17, 15) is 13.2 Å². The summed E-state index contributed by atoms with van der Waals surface area (Å²) >= 11 is 0. The number of hydrogen-bond acceptors (Lipinski definition) is 6. The fourth-order valence-corrected chi connectivity index (χ4v) is 2.81. The molecule has 3 aromatic rings. The van der Waals surface area contributed by atoms with Gasteiger partial charge in [-0.3, -0.25) is 0 Å². The van der Waals surface area contributed by atoms with E-state index in [1.807, 2.05) is 31.2 Å². The molecule has 0 bridgehead atoms. The zero-order valence-electron chi connectivity index (χ0n) is 16.5. The summed E-state index contributed by atoms with van der Waals surface area (Å²) < 4.78 is 47.0. The molecule has 0 saturated heterocycles. The number of ether oxygens (including phenoxy) is 2. The van der Waals surface area contributed by atoms with Crippen LogP contribution in [0.25, 0.3) is 11.3 Å². The number of rotatable bonds is 8. The van der Waals surface area contributed by atoms with Crippen LogP contribution in [0.4, 0.5) is 24.9 Å². The number of methoxy groups -OCH3 is 1. The summed E-state index contributed by atoms with van der Waals surface area (Å²) in [6, 6.07) is 14.9. The quantitative estimate of drug-likeness (QED) is 0.531. The summed E-state index contributed by atoms with van der Waals surface area (Å²) in [5.74, 6) is 1.30. The lowest BCUT2D eigenvalue weighted by atomic mass is 10.1. The molecule has 0 aliphatic carbocycles. The third-order valence-corrected chi connectivity index (χ3v) is 4.08. The zero-order chi connectivity index (χ0) is 21.6. The number of anilines is 2. The van der Waals surface area contributed by atoms with Gasteiger partial charge in [0.15, 0.2) is 0 Å². The fourth-order valence-electron chi connectivity index (χ4n) is 2.81. The van der Waals surface area contributed by atoms with Gasteiger partial charge in [-0.2, -0.15) is 4.98 Å². The van der Waals surface area contributed by atoms with Gasteiger partial charge in [0.2, 0.25) is 5.95 Å². The van der Waals surface area contributed by atoms with Crippen LogP contribution in [-0.2, 0) is 6.54 Å². The highest BCUT2D eigenvalue weighted by molar-refractivity contribution is 5.66. The third kappa shape index (κ3) is 5.76. The molecule has 9 heteroatoms. The maximum absolute atomic E-state index is 12.5. The highest BCUT2D eigenvalue weighted by atomic mass is 19.4. The first-order chi connectivity index (χ1) is 14.4. The van der Waals surface area contributed by atoms with Gasteiger partial charge in [-0.1, -0.05) is 30.3 Å². The van der Waals surface area contributed by atoms with E-state index in [4.69, 9.17) is 4.74 Å². The average molecular weight is 418 g/mol. The number of para-hydroxylation sites is 1. The first-order valence-electron chi connectivity index (χ1n) is 9.23. The SMILES string of the molecule is CCNc1nc(NCc2ccccc2OC)cc(-c2cccc(OC(F)(F)F)c2)n1. The lowest BCUT2D eigenvalue weighted by Gasteiger charge is -2.13. The van der Waals surface area contributed by atoms with Crippen molar-refractivity contribution in [1.29, 1.82) is 0 Å². The molecule has 0 atom stereocenters. The normalized spacial score (nSPS) is 11.1. The Morgan fingerprint density at radius 2 is 1.77 bits per heavy atom. The van der Waals surface area contributed by atoms with Crippen LogP contribution in [0.5, 0.6) is 11.5 Å². The summed E-state index contributed by atoms with van der Waals surface area (Å²) in [7, 11) is 1.60. The zero-order valence-corrected chi connectivity index (χ0v) is 16.5. The van der Waals surface area contributed by atoms with Crippen molar-refractivity contribution >= 4 is 11.8 Å². The van der Waals surface area contributed by atoms with Crippen LogP contribution < -0.4 is 20.1 Å². The van der Waals surface area contributed by atoms with Gasteiger partial charge < -0.3 is 20.1 Å². The number of halogens is 3. The molecule has 0 fully saturated rings. The maximum Gasteiger partial charge on any atom is 0.573 e. The molecule has 1 heterocycles. The second kappa shape index (κ2) is 9.34. The van der Waals surface area contributed by atoms with Crippen LogP contribution in [-0.4, -0.2) is 30.0 Å². The second-order valence-electron chi connectivity index (χ2n) is 6.23. The number of nitrogens with zero attached hydrogens (tertiary/aromatic N) is 2. The third-order valence-electron chi connectivity index (χ3n) is 4.08. The topological polar surface area (TPSA) is 68.3 Å². The fraction of sp³-hybridized carbons (Fsp3) is 0.238. The minimum atomic E-state index is -4.76. The molecule has 30 heavy (non-hydrogen) atoms. The van der Waals surface area contributed by atoms with Gasteiger partial charge in [-0.25, -0.2) is 4.98 Å². The molecule has 0 radical (unpaired) electrons. The lowest BCUT2D eigenvalue weighted by Crippen LogP contribution is -2.17. The Bertz CT molecular complexity index is 996. The smallest absolute Gasteiger partial charge is 0.496 e. The van der Waals surface area contributed by atoms with Gasteiger partial charge in [-0.05, 0) is 25.1 Å². The molecule has 1 aromatic heterocycles. The van der Waals surface area contributed by atoms with Gasteiger partial charge in [-0.15, -0.1) is 13.2 Å². The first kappa shape index (κ1) is 21.2. The highest BCUT2D eigenvalue weighted by Crippen LogP contribution is 2.29. The van der Waals surface area contributed by atoms with Crippen molar-refractivity contribution in [2.75, 3.05) is 24.3 Å². The van der Waals surface area contributed by atoms with Crippen molar-refractivity contribution in [3.8, 4) is 22.8 Å². The van der Waals surface area contributed by atoms with Crippen molar-refractivity contribution in [3.63, 3.8) is 0 Å². The first-order valence-corrected chi connectivity index (χ1v) is 9.23. The number of alkyl halides is 3. The molecular weight excluding hydrogens is 397 g/mol. The average Bonchev–Trinajstić information content (AvgIpc) is 2.71. The molecule has 0 spiro atoms. The van der Waals surface area contributed by atoms with Crippen molar-refractivity contribution in [1.82, 2.24) is 9.97 Å². The van der Waals surface area contributed by atoms with Crippen molar-refractivity contribution in [3.05, 3.63) is 60.2 Å². The van der Waals surface area contributed by atoms with E-state index in [1.165, 1.54) is 18.2 Å². The van der Waals surface area contributed by atoms with E-state index >= 15 is 0 Å². The minimum Gasteiger partial charge on any atom is -0.496 e. The van der Waals surface area contributed by atoms with E-state index in [0.717, 1.165) is 11.3 Å². The molecular formula is C21H21F3N4O2. The summed E-state index contributed by atoms with van der Waals surface area (Å²) in [5.41, 5.74) is 1.86. The molecule has 6 nitrogen and oxygen atoms in total. The Morgan fingerprint density at radius 3 is 2.50 bits per heavy atom. The number of benzene rings is 2. The Hall–Kier alpha value is -3.49. The van der Waals surface area contributed by atoms with Gasteiger partial charge in [0, 0.05) is 30.3 Å². The Morgan fingerprint density at radius 1 is 0.967 bits per heavy atom. The van der Waals surface area contributed by atoms with Crippen LogP contribution in [0, 0.1) is 0 Å². The summed E-state index contributed by atoms with van der Waals surface area (Å²) in [5, 5.41) is 6.25. The van der Waals surface area contributed by atoms with E-state index in [1.54, 1.807) is 19.2 Å². The number of aromatic nitrogens is 2. The van der Waals surface area contributed by atoms with E-state index in [2.05, 4.69) is 25.3 Å². The Labute approximate surface area is 172 Å². The molecule has 2 aromatic carbocycles. The lowest BCUT2D eigenvalue weighted by molar-refractivity contribution is -0.274. The summed E-state index contributed by atoms with van der Waals surface area (Å²) in [6.07, 6.45) is -4.76.